The van der Waals surface area contributed by atoms with Gasteiger partial charge in [-0.25, -0.2) is 0 Å². The second kappa shape index (κ2) is 19.3. The minimum Gasteiger partial charge on any atom is -0.506 e. The van der Waals surface area contributed by atoms with Gasteiger partial charge in [0.25, 0.3) is 0 Å². The summed E-state index contributed by atoms with van der Waals surface area (Å²) in [5.74, 6) is 0.220. The van der Waals surface area contributed by atoms with Gasteiger partial charge in [-0.05, 0) is 47.2 Å². The van der Waals surface area contributed by atoms with Crippen LogP contribution in [0.2, 0.25) is 0 Å². The van der Waals surface area contributed by atoms with E-state index in [9.17, 15) is 20.4 Å². The van der Waals surface area contributed by atoms with Crippen molar-refractivity contribution < 1.29 is 47.6 Å². The minimum atomic E-state index is -0.500. The average molecular weight is 703 g/mol. The first kappa shape index (κ1) is 38.8. The third kappa shape index (κ3) is 12.0. The quantitative estimate of drug-likeness (QED) is 0.0787. The Morgan fingerprint density at radius 3 is 1.10 bits per heavy atom. The van der Waals surface area contributed by atoms with Crippen LogP contribution in [0.3, 0.4) is 0 Å². The first-order chi connectivity index (χ1) is 23.0. The van der Waals surface area contributed by atoms with Gasteiger partial charge in [-0.1, -0.05) is 84.9 Å². The molecule has 0 atom stereocenters. The third-order valence-electron chi connectivity index (χ3n) is 6.04. The smallest absolute Gasteiger partial charge is 0.194 e. The molecular weight excluding hydrogens is 672 g/mol. The molecule has 0 saturated heterocycles. The molecule has 0 aliphatic heterocycles. The number of para-hydroxylation sites is 2. The van der Waals surface area contributed by atoms with Crippen LogP contribution in [-0.2, 0) is 17.4 Å². The molecule has 0 spiro atoms. The van der Waals surface area contributed by atoms with Crippen LogP contribution in [0.1, 0.15) is 0 Å². The maximum Gasteiger partial charge on any atom is 0.194 e. The summed E-state index contributed by atoms with van der Waals surface area (Å²) >= 11 is 0. The Hall–Kier alpha value is -6.43. The maximum absolute atomic E-state index is 9.94. The molecule has 14 nitrogen and oxygen atoms in total. The van der Waals surface area contributed by atoms with E-state index in [4.69, 9.17) is 20.2 Å². The summed E-state index contributed by atoms with van der Waals surface area (Å²) in [5.41, 5.74) is 1.51. The molecular formula is C34H30CrN6O8. The summed E-state index contributed by atoms with van der Waals surface area (Å²) in [6, 6.07) is 35.4. The second-order valence-corrected chi connectivity index (χ2v) is 9.57. The first-order valence-electron chi connectivity index (χ1n) is 13.9. The number of nitro groups is 2. The maximum atomic E-state index is 9.94. The molecule has 6 rings (SSSR count). The molecule has 0 radical (unpaired) electrons. The number of phenols is 4. The van der Waals surface area contributed by atoms with Crippen LogP contribution < -0.4 is 0 Å². The van der Waals surface area contributed by atoms with Crippen molar-refractivity contribution >= 4 is 44.3 Å². The van der Waals surface area contributed by atoms with Gasteiger partial charge >= 0.3 is 0 Å². The topological polar surface area (TPSA) is 217 Å². The van der Waals surface area contributed by atoms with E-state index in [0.717, 1.165) is 35.6 Å². The molecule has 0 aliphatic rings. The van der Waals surface area contributed by atoms with Crippen LogP contribution in [0, 0.1) is 20.2 Å². The van der Waals surface area contributed by atoms with E-state index in [-0.39, 0.29) is 40.4 Å². The molecule has 4 N–H and O–H groups in total. The van der Waals surface area contributed by atoms with E-state index in [0.29, 0.717) is 22.7 Å². The Morgan fingerprint density at radius 2 is 0.755 bits per heavy atom. The van der Waals surface area contributed by atoms with Crippen LogP contribution in [0.4, 0.5) is 22.7 Å². The van der Waals surface area contributed by atoms with Crippen molar-refractivity contribution in [2.75, 3.05) is 14.1 Å². The molecule has 250 valence electrons. The van der Waals surface area contributed by atoms with Gasteiger partial charge in [-0.3, -0.25) is 20.2 Å². The third-order valence-corrected chi connectivity index (χ3v) is 6.04. The summed E-state index contributed by atoms with van der Waals surface area (Å²) in [5, 5.41) is 76.5. The molecule has 0 fully saturated rings. The Labute approximate surface area is 290 Å². The van der Waals surface area contributed by atoms with E-state index in [2.05, 4.69) is 20.5 Å². The van der Waals surface area contributed by atoms with Gasteiger partial charge in [0.05, 0.1) is 0 Å². The fourth-order valence-corrected chi connectivity index (χ4v) is 4.00. The van der Waals surface area contributed by atoms with Crippen LogP contribution in [0.15, 0.2) is 142 Å². The van der Waals surface area contributed by atoms with E-state index in [1.165, 1.54) is 12.1 Å². The zero-order chi connectivity index (χ0) is 35.1. The molecule has 0 saturated carbocycles. The average Bonchev–Trinajstić information content (AvgIpc) is 3.05. The molecule has 6 aromatic rings. The number of fused-ring (bicyclic) bond motifs is 2. The van der Waals surface area contributed by atoms with Crippen molar-refractivity contribution in [3.8, 4) is 23.0 Å². The van der Waals surface area contributed by atoms with Crippen LogP contribution in [0.25, 0.3) is 21.5 Å². The Morgan fingerprint density at radius 1 is 0.449 bits per heavy atom. The number of hydrogen-bond acceptors (Lipinski definition) is 12. The fraction of sp³-hybridized carbons (Fsp3) is 0.0588. The number of phenolic OH excluding ortho intramolecular Hbond substituents is 4. The number of benzene rings is 6. The van der Waals surface area contributed by atoms with Crippen molar-refractivity contribution in [2.45, 2.75) is 0 Å². The monoisotopic (exact) mass is 702 g/mol. The Kier molecular flexibility index (Phi) is 15.3. The van der Waals surface area contributed by atoms with E-state index >= 15 is 0 Å². The molecule has 0 heterocycles. The Bertz CT molecular complexity index is 1940. The van der Waals surface area contributed by atoms with Crippen molar-refractivity contribution in [1.29, 1.82) is 0 Å². The van der Waals surface area contributed by atoms with Crippen LogP contribution >= 0.6 is 0 Å². The van der Waals surface area contributed by atoms with E-state index in [1.807, 2.05) is 60.7 Å². The van der Waals surface area contributed by atoms with Crippen molar-refractivity contribution in [3.05, 3.63) is 142 Å². The summed E-state index contributed by atoms with van der Waals surface area (Å²) in [6.07, 6.45) is 0. The number of hydrogen-bond donors (Lipinski definition) is 4. The number of azo groups is 2. The van der Waals surface area contributed by atoms with E-state index < -0.39 is 9.85 Å². The van der Waals surface area contributed by atoms with Crippen molar-refractivity contribution in [1.82, 2.24) is 0 Å². The van der Waals surface area contributed by atoms with Gasteiger partial charge in [-0.2, -0.15) is 0 Å². The van der Waals surface area contributed by atoms with Gasteiger partial charge in [0.15, 0.2) is 14.1 Å². The summed E-state index contributed by atoms with van der Waals surface area (Å²) < 4.78 is 0. The predicted octanol–water partition coefficient (Wildman–Crippen LogP) is 9.12. The molecule has 49 heavy (non-hydrogen) atoms. The van der Waals surface area contributed by atoms with Gasteiger partial charge < -0.3 is 20.4 Å². The summed E-state index contributed by atoms with van der Waals surface area (Å²) in [6.45, 7) is 0. The molecule has 6 aromatic carbocycles. The molecule has 0 aromatic heterocycles. The fourth-order valence-electron chi connectivity index (χ4n) is 4.00. The van der Waals surface area contributed by atoms with Gasteiger partial charge in [0.1, 0.15) is 45.7 Å². The largest absolute Gasteiger partial charge is 0.506 e. The zero-order valence-electron chi connectivity index (χ0n) is 26.1. The molecule has 15 heteroatoms. The SMILES string of the molecule is C[N+](=O)[O-].C[N+](=O)[O-].Oc1ccccc1N=Nc1c(O)ccc2ccccc12.Oc1ccccc1N=Nc1c(O)ccc2ccccc12.[Cr]. The first-order valence-corrected chi connectivity index (χ1v) is 13.9. The second-order valence-electron chi connectivity index (χ2n) is 9.57. The molecule has 0 aliphatic carbocycles. The number of nitrogens with zero attached hydrogens (tertiary/aromatic N) is 6. The normalized spacial score (nSPS) is 10.2. The van der Waals surface area contributed by atoms with Crippen LogP contribution in [0.5, 0.6) is 23.0 Å². The zero-order valence-corrected chi connectivity index (χ0v) is 27.3. The van der Waals surface area contributed by atoms with E-state index in [1.54, 1.807) is 48.5 Å². The van der Waals surface area contributed by atoms with Gasteiger partial charge in [0.2, 0.25) is 0 Å². The minimum absolute atomic E-state index is 0. The predicted molar refractivity (Wildman–Crippen MR) is 182 cm³/mol. The Balaban J connectivity index is 0.000000275. The summed E-state index contributed by atoms with van der Waals surface area (Å²) in [4.78, 5) is 16.6. The molecule has 0 bridgehead atoms. The van der Waals surface area contributed by atoms with Crippen molar-refractivity contribution in [3.63, 3.8) is 0 Å². The summed E-state index contributed by atoms with van der Waals surface area (Å²) in [7, 11) is 1.78. The van der Waals surface area contributed by atoms with Gasteiger partial charge in [0, 0.05) is 38.0 Å². The number of aromatic hydroxyl groups is 4. The molecule has 0 amide bonds. The van der Waals surface area contributed by atoms with Crippen LogP contribution in [-0.4, -0.2) is 44.4 Å². The molecule has 0 unspecified atom stereocenters. The van der Waals surface area contributed by atoms with Gasteiger partial charge in [-0.15, -0.1) is 20.5 Å². The number of rotatable bonds is 4. The van der Waals surface area contributed by atoms with Crippen molar-refractivity contribution in [2.24, 2.45) is 20.5 Å². The standard InChI is InChI=1S/2C16H12N2O2.2CH3NO2.Cr/c2*19-14-8-4-3-7-13(14)17-18-16-12-6-2-1-5-11(12)9-10-15(16)20;2*1-2(3)4;/h2*1-10,19-20H;2*1H3;.